The molecule has 0 radical (unpaired) electrons. The highest BCUT2D eigenvalue weighted by Crippen LogP contribution is 2.18. The largest absolute Gasteiger partial charge is 0.399 e. The van der Waals surface area contributed by atoms with E-state index in [1.165, 1.54) is 19.3 Å². The van der Waals surface area contributed by atoms with E-state index >= 15 is 0 Å². The third-order valence-electron chi connectivity index (χ3n) is 4.06. The van der Waals surface area contributed by atoms with Crippen molar-refractivity contribution in [2.45, 2.75) is 51.5 Å². The van der Waals surface area contributed by atoms with Crippen molar-refractivity contribution in [2.75, 3.05) is 23.7 Å². The van der Waals surface area contributed by atoms with E-state index in [2.05, 4.69) is 17.1 Å². The first-order valence-corrected chi connectivity index (χ1v) is 8.09. The van der Waals surface area contributed by atoms with Crippen molar-refractivity contribution in [3.8, 4) is 0 Å². The number of hydrogen-bond donors (Lipinski definition) is 2. The zero-order valence-electron chi connectivity index (χ0n) is 13.0. The maximum Gasteiger partial charge on any atom is 0.239 e. The zero-order chi connectivity index (χ0) is 15.1. The number of nitrogens with one attached hydrogen (secondary N) is 1. The van der Waals surface area contributed by atoms with E-state index in [1.54, 1.807) is 0 Å². The molecule has 0 aromatic heterocycles. The van der Waals surface area contributed by atoms with Crippen LogP contribution in [0.3, 0.4) is 0 Å². The number of nitrogen functional groups attached to an aromatic ring is 1. The molecule has 1 amide bonds. The number of carbonyl (C=O) groups excluding carboxylic acids is 1. The van der Waals surface area contributed by atoms with E-state index in [0.29, 0.717) is 12.6 Å². The fourth-order valence-corrected chi connectivity index (χ4v) is 2.95. The third kappa shape index (κ3) is 4.96. The topological polar surface area (TPSA) is 58.4 Å². The molecule has 1 aliphatic rings. The molecule has 0 aliphatic heterocycles. The number of nitrogens with zero attached hydrogens (tertiary/aromatic N) is 1. The summed E-state index contributed by atoms with van der Waals surface area (Å²) in [7, 11) is 0. The van der Waals surface area contributed by atoms with Crippen LogP contribution in [0.15, 0.2) is 24.3 Å². The number of benzene rings is 1. The Kier molecular flexibility index (Phi) is 5.90. The average molecular weight is 289 g/mol. The monoisotopic (exact) mass is 289 g/mol. The number of hydrogen-bond acceptors (Lipinski definition) is 3. The summed E-state index contributed by atoms with van der Waals surface area (Å²) in [6.07, 6.45) is 7.05. The lowest BCUT2D eigenvalue weighted by molar-refractivity contribution is -0.120. The quantitative estimate of drug-likeness (QED) is 0.792. The molecule has 116 valence electrons. The summed E-state index contributed by atoms with van der Waals surface area (Å²) >= 11 is 0. The van der Waals surface area contributed by atoms with Crippen LogP contribution in [0.25, 0.3) is 0 Å². The van der Waals surface area contributed by atoms with E-state index in [4.69, 9.17) is 5.73 Å². The molecule has 0 heterocycles. The Morgan fingerprint density at radius 1 is 1.24 bits per heavy atom. The molecule has 0 bridgehead atoms. The number of rotatable bonds is 6. The molecular formula is C17H27N3O. The Balaban J connectivity index is 1.91. The van der Waals surface area contributed by atoms with Crippen molar-refractivity contribution in [3.05, 3.63) is 24.3 Å². The first-order valence-electron chi connectivity index (χ1n) is 8.09. The van der Waals surface area contributed by atoms with Crippen molar-refractivity contribution in [3.63, 3.8) is 0 Å². The van der Waals surface area contributed by atoms with E-state index < -0.39 is 0 Å². The second kappa shape index (κ2) is 7.91. The predicted octanol–water partition coefficient (Wildman–Crippen LogP) is 2.93. The summed E-state index contributed by atoms with van der Waals surface area (Å²) in [5.74, 6) is 0.132. The molecule has 0 spiro atoms. The smallest absolute Gasteiger partial charge is 0.239 e. The van der Waals surface area contributed by atoms with Crippen LogP contribution in [0, 0.1) is 0 Å². The van der Waals surface area contributed by atoms with Crippen molar-refractivity contribution in [2.24, 2.45) is 0 Å². The van der Waals surface area contributed by atoms with Crippen molar-refractivity contribution in [1.29, 1.82) is 0 Å². The number of carbonyl (C=O) groups is 1. The average Bonchev–Trinajstić information content (AvgIpc) is 2.48. The van der Waals surface area contributed by atoms with Gasteiger partial charge in [0.05, 0.1) is 6.54 Å². The van der Waals surface area contributed by atoms with Gasteiger partial charge in [0.15, 0.2) is 0 Å². The van der Waals surface area contributed by atoms with E-state index in [9.17, 15) is 4.79 Å². The summed E-state index contributed by atoms with van der Waals surface area (Å²) in [6, 6.07) is 8.12. The van der Waals surface area contributed by atoms with Gasteiger partial charge >= 0.3 is 0 Å². The van der Waals surface area contributed by atoms with E-state index in [-0.39, 0.29) is 5.91 Å². The molecule has 1 aromatic rings. The Bertz CT molecular complexity index is 438. The van der Waals surface area contributed by atoms with Gasteiger partial charge in [0, 0.05) is 24.0 Å². The normalized spacial score (nSPS) is 15.7. The van der Waals surface area contributed by atoms with Crippen LogP contribution in [0.4, 0.5) is 11.4 Å². The molecule has 1 saturated carbocycles. The Hall–Kier alpha value is -1.71. The maximum absolute atomic E-state index is 12.3. The van der Waals surface area contributed by atoms with Crippen molar-refractivity contribution in [1.82, 2.24) is 5.32 Å². The molecule has 1 fully saturated rings. The highest BCUT2D eigenvalue weighted by molar-refractivity contribution is 5.81. The Morgan fingerprint density at radius 3 is 2.52 bits per heavy atom. The van der Waals surface area contributed by atoms with Gasteiger partial charge in [-0.3, -0.25) is 4.79 Å². The van der Waals surface area contributed by atoms with Gasteiger partial charge in [0.2, 0.25) is 5.91 Å². The van der Waals surface area contributed by atoms with Gasteiger partial charge in [-0.05, 0) is 43.5 Å². The van der Waals surface area contributed by atoms with Crippen LogP contribution in [-0.2, 0) is 4.79 Å². The number of nitrogens with two attached hydrogens (primary N) is 1. The minimum Gasteiger partial charge on any atom is -0.399 e. The van der Waals surface area contributed by atoms with Crippen LogP contribution >= 0.6 is 0 Å². The second-order valence-electron chi connectivity index (χ2n) is 5.92. The van der Waals surface area contributed by atoms with Crippen LogP contribution in [-0.4, -0.2) is 25.0 Å². The Morgan fingerprint density at radius 2 is 1.90 bits per heavy atom. The van der Waals surface area contributed by atoms with Crippen LogP contribution in [0.1, 0.15) is 45.4 Å². The molecule has 0 unspecified atom stereocenters. The minimum absolute atomic E-state index is 0.132. The number of amides is 1. The lowest BCUT2D eigenvalue weighted by Crippen LogP contribution is -2.43. The van der Waals surface area contributed by atoms with Gasteiger partial charge in [0.25, 0.3) is 0 Å². The lowest BCUT2D eigenvalue weighted by Gasteiger charge is -2.27. The second-order valence-corrected chi connectivity index (χ2v) is 5.92. The molecule has 0 saturated heterocycles. The molecule has 2 rings (SSSR count). The van der Waals surface area contributed by atoms with Crippen LogP contribution in [0.2, 0.25) is 0 Å². The van der Waals surface area contributed by atoms with Gasteiger partial charge in [-0.2, -0.15) is 0 Å². The van der Waals surface area contributed by atoms with Gasteiger partial charge in [-0.15, -0.1) is 0 Å². The molecule has 0 atom stereocenters. The molecule has 4 heteroatoms. The van der Waals surface area contributed by atoms with Crippen molar-refractivity contribution >= 4 is 17.3 Å². The highest BCUT2D eigenvalue weighted by Gasteiger charge is 2.17. The lowest BCUT2D eigenvalue weighted by atomic mass is 9.95. The summed E-state index contributed by atoms with van der Waals surface area (Å²) < 4.78 is 0. The fourth-order valence-electron chi connectivity index (χ4n) is 2.95. The predicted molar refractivity (Wildman–Crippen MR) is 88.4 cm³/mol. The molecule has 1 aromatic carbocycles. The standard InChI is InChI=1S/C17H27N3O/c1-2-12-20(16-10-8-14(18)9-11-16)13-17(21)19-15-6-4-3-5-7-15/h8-11,15H,2-7,12-13,18H2,1H3,(H,19,21). The fraction of sp³-hybridized carbons (Fsp3) is 0.588. The van der Waals surface area contributed by atoms with Crippen LogP contribution < -0.4 is 16.0 Å². The summed E-state index contributed by atoms with van der Waals surface area (Å²) in [5, 5.41) is 3.18. The van der Waals surface area contributed by atoms with E-state index in [0.717, 1.165) is 37.2 Å². The first-order chi connectivity index (χ1) is 10.2. The van der Waals surface area contributed by atoms with Gasteiger partial charge in [0.1, 0.15) is 0 Å². The molecule has 3 N–H and O–H groups in total. The van der Waals surface area contributed by atoms with Gasteiger partial charge in [-0.25, -0.2) is 0 Å². The minimum atomic E-state index is 0.132. The van der Waals surface area contributed by atoms with Gasteiger partial charge < -0.3 is 16.0 Å². The zero-order valence-corrected chi connectivity index (χ0v) is 13.0. The summed E-state index contributed by atoms with van der Waals surface area (Å²) in [4.78, 5) is 14.4. The summed E-state index contributed by atoms with van der Waals surface area (Å²) in [5.41, 5.74) is 7.54. The third-order valence-corrected chi connectivity index (χ3v) is 4.06. The summed E-state index contributed by atoms with van der Waals surface area (Å²) in [6.45, 7) is 3.43. The van der Waals surface area contributed by atoms with Crippen LogP contribution in [0.5, 0.6) is 0 Å². The number of anilines is 2. The molecule has 1 aliphatic carbocycles. The molecule has 21 heavy (non-hydrogen) atoms. The Labute approximate surface area is 127 Å². The highest BCUT2D eigenvalue weighted by atomic mass is 16.2. The van der Waals surface area contributed by atoms with E-state index in [1.807, 2.05) is 24.3 Å². The van der Waals surface area contributed by atoms with Crippen molar-refractivity contribution < 1.29 is 4.79 Å². The first kappa shape index (κ1) is 15.7. The van der Waals surface area contributed by atoms with Gasteiger partial charge in [-0.1, -0.05) is 26.2 Å². The SMILES string of the molecule is CCCN(CC(=O)NC1CCCCC1)c1ccc(N)cc1. The molecular weight excluding hydrogens is 262 g/mol. The maximum atomic E-state index is 12.3. The molecule has 4 nitrogen and oxygen atoms in total.